The van der Waals surface area contributed by atoms with Crippen LogP contribution in [0, 0.1) is 0 Å². The summed E-state index contributed by atoms with van der Waals surface area (Å²) in [6.07, 6.45) is -5.63. The summed E-state index contributed by atoms with van der Waals surface area (Å²) >= 11 is 2.22. The molecule has 0 aliphatic heterocycles. The minimum Gasteiger partial charge on any atom is -0.291 e. The Labute approximate surface area is 58.9 Å². The zero-order chi connectivity index (χ0) is 7.49. The summed E-state index contributed by atoms with van der Waals surface area (Å²) in [5.74, 6) is 0. The van der Waals surface area contributed by atoms with Crippen LogP contribution in [0.5, 0.6) is 0 Å². The molecule has 0 saturated carbocycles. The molecule has 0 bridgehead atoms. The molecule has 0 radical (unpaired) electrons. The van der Waals surface area contributed by atoms with Crippen LogP contribution in [0.2, 0.25) is 0 Å². The normalized spacial score (nSPS) is 15.1. The van der Waals surface area contributed by atoms with E-state index in [-0.39, 0.29) is 0 Å². The standard InChI is InChI=1S/C4H4BrF3O/c1-2-3(9-5)4(6,7)8/h2-3H,1H2. The van der Waals surface area contributed by atoms with E-state index in [0.29, 0.717) is 6.08 Å². The zero-order valence-electron chi connectivity index (χ0n) is 4.28. The molecule has 5 heteroatoms. The second kappa shape index (κ2) is 3.22. The minimum atomic E-state index is -4.37. The average molecular weight is 205 g/mol. The lowest BCUT2D eigenvalue weighted by Crippen LogP contribution is -2.26. The molecule has 9 heavy (non-hydrogen) atoms. The van der Waals surface area contributed by atoms with Gasteiger partial charge in [-0.15, -0.1) is 6.58 Å². The number of hydrogen-bond acceptors (Lipinski definition) is 1. The van der Waals surface area contributed by atoms with Crippen LogP contribution in [0.4, 0.5) is 13.2 Å². The van der Waals surface area contributed by atoms with E-state index in [4.69, 9.17) is 0 Å². The molecule has 1 atom stereocenters. The molecule has 0 amide bonds. The van der Waals surface area contributed by atoms with E-state index in [1.807, 2.05) is 0 Å². The Morgan fingerprint density at radius 2 is 2.00 bits per heavy atom. The summed E-state index contributed by atoms with van der Waals surface area (Å²) in [5, 5.41) is 0. The zero-order valence-corrected chi connectivity index (χ0v) is 5.87. The van der Waals surface area contributed by atoms with E-state index in [1.54, 1.807) is 0 Å². The molecule has 0 aromatic rings. The highest BCUT2D eigenvalue weighted by atomic mass is 79.9. The first-order valence-corrected chi connectivity index (χ1v) is 2.63. The summed E-state index contributed by atoms with van der Waals surface area (Å²) in [6.45, 7) is 2.92. The largest absolute Gasteiger partial charge is 0.419 e. The van der Waals surface area contributed by atoms with Crippen molar-refractivity contribution in [3.63, 3.8) is 0 Å². The third kappa shape index (κ3) is 2.86. The van der Waals surface area contributed by atoms with E-state index >= 15 is 0 Å². The van der Waals surface area contributed by atoms with Crippen molar-refractivity contribution in [1.29, 1.82) is 0 Å². The van der Waals surface area contributed by atoms with Gasteiger partial charge in [0.2, 0.25) is 0 Å². The molecule has 54 valence electrons. The van der Waals surface area contributed by atoms with Crippen molar-refractivity contribution in [2.75, 3.05) is 0 Å². The van der Waals surface area contributed by atoms with Crippen molar-refractivity contribution in [2.24, 2.45) is 0 Å². The molecule has 0 aliphatic rings. The highest BCUT2D eigenvalue weighted by Crippen LogP contribution is 2.24. The molecule has 0 aliphatic carbocycles. The van der Waals surface area contributed by atoms with Gasteiger partial charge >= 0.3 is 6.18 Å². The molecule has 0 rings (SSSR count). The molecule has 0 fully saturated rings. The lowest BCUT2D eigenvalue weighted by molar-refractivity contribution is -0.174. The summed E-state index contributed by atoms with van der Waals surface area (Å²) < 4.78 is 38.3. The predicted molar refractivity (Wildman–Crippen MR) is 30.1 cm³/mol. The number of halogens is 4. The summed E-state index contributed by atoms with van der Waals surface area (Å²) in [6, 6.07) is 0. The average Bonchev–Trinajstić information content (AvgIpc) is 1.65. The van der Waals surface area contributed by atoms with Gasteiger partial charge in [0, 0.05) is 0 Å². The van der Waals surface area contributed by atoms with E-state index in [2.05, 4.69) is 26.7 Å². The Balaban J connectivity index is 3.94. The van der Waals surface area contributed by atoms with Gasteiger partial charge in [-0.05, 0) is 0 Å². The van der Waals surface area contributed by atoms with Crippen molar-refractivity contribution in [3.8, 4) is 0 Å². The van der Waals surface area contributed by atoms with Gasteiger partial charge < -0.3 is 0 Å². The summed E-state index contributed by atoms with van der Waals surface area (Å²) in [7, 11) is 0. The monoisotopic (exact) mass is 204 g/mol. The van der Waals surface area contributed by atoms with E-state index in [9.17, 15) is 13.2 Å². The fourth-order valence-corrected chi connectivity index (χ4v) is 0.585. The summed E-state index contributed by atoms with van der Waals surface area (Å²) in [5.41, 5.74) is 0. The Bertz CT molecular complexity index is 100. The highest BCUT2D eigenvalue weighted by molar-refractivity contribution is 9.06. The first-order valence-electron chi connectivity index (χ1n) is 1.99. The Morgan fingerprint density at radius 3 is 2.00 bits per heavy atom. The second-order valence-electron chi connectivity index (χ2n) is 1.29. The lowest BCUT2D eigenvalue weighted by atomic mass is 10.3. The van der Waals surface area contributed by atoms with Gasteiger partial charge in [0.25, 0.3) is 0 Å². The minimum absolute atomic E-state index is 0.661. The van der Waals surface area contributed by atoms with E-state index in [0.717, 1.165) is 0 Å². The van der Waals surface area contributed by atoms with Crippen LogP contribution in [0.15, 0.2) is 12.7 Å². The Morgan fingerprint density at radius 1 is 1.56 bits per heavy atom. The molecule has 1 nitrogen and oxygen atoms in total. The topological polar surface area (TPSA) is 9.23 Å². The molecule has 0 spiro atoms. The van der Waals surface area contributed by atoms with Crippen molar-refractivity contribution >= 4 is 16.3 Å². The van der Waals surface area contributed by atoms with Crippen molar-refractivity contribution in [1.82, 2.24) is 0 Å². The van der Waals surface area contributed by atoms with Crippen LogP contribution >= 0.6 is 16.3 Å². The lowest BCUT2D eigenvalue weighted by Gasteiger charge is -2.11. The maximum Gasteiger partial charge on any atom is 0.419 e. The predicted octanol–water partition coefficient (Wildman–Crippen LogP) is 2.43. The maximum atomic E-state index is 11.5. The van der Waals surface area contributed by atoms with Crippen molar-refractivity contribution in [2.45, 2.75) is 12.3 Å². The van der Waals surface area contributed by atoms with Crippen LogP contribution in [0.3, 0.4) is 0 Å². The maximum absolute atomic E-state index is 11.5. The quantitative estimate of drug-likeness (QED) is 0.629. The van der Waals surface area contributed by atoms with Gasteiger partial charge in [-0.2, -0.15) is 13.2 Å². The molecule has 1 unspecified atom stereocenters. The van der Waals surface area contributed by atoms with Crippen molar-refractivity contribution < 1.29 is 17.0 Å². The van der Waals surface area contributed by atoms with Crippen LogP contribution in [0.25, 0.3) is 0 Å². The summed E-state index contributed by atoms with van der Waals surface area (Å²) in [4.78, 5) is 0. The van der Waals surface area contributed by atoms with Gasteiger partial charge in [0.1, 0.15) is 0 Å². The molecular formula is C4H4BrF3O. The molecule has 0 heterocycles. The van der Waals surface area contributed by atoms with Crippen LogP contribution in [-0.4, -0.2) is 12.3 Å². The van der Waals surface area contributed by atoms with Gasteiger partial charge in [-0.3, -0.25) is 3.83 Å². The fourth-order valence-electron chi connectivity index (χ4n) is 0.221. The molecular weight excluding hydrogens is 201 g/mol. The first kappa shape index (κ1) is 8.97. The van der Waals surface area contributed by atoms with Gasteiger partial charge in [0.15, 0.2) is 6.10 Å². The number of rotatable bonds is 2. The fraction of sp³-hybridized carbons (Fsp3) is 0.500. The van der Waals surface area contributed by atoms with Gasteiger partial charge in [0.05, 0.1) is 16.3 Å². The second-order valence-corrected chi connectivity index (χ2v) is 1.66. The van der Waals surface area contributed by atoms with Crippen LogP contribution in [-0.2, 0) is 3.83 Å². The highest BCUT2D eigenvalue weighted by Gasteiger charge is 2.38. The SMILES string of the molecule is C=CC(OBr)C(F)(F)F. The van der Waals surface area contributed by atoms with Crippen molar-refractivity contribution in [3.05, 3.63) is 12.7 Å². The van der Waals surface area contributed by atoms with E-state index in [1.165, 1.54) is 0 Å². The third-order valence-corrected chi connectivity index (χ3v) is 1.04. The van der Waals surface area contributed by atoms with Gasteiger partial charge in [-0.25, -0.2) is 0 Å². The third-order valence-electron chi connectivity index (χ3n) is 0.633. The van der Waals surface area contributed by atoms with E-state index < -0.39 is 12.3 Å². The molecule has 0 aromatic heterocycles. The smallest absolute Gasteiger partial charge is 0.291 e. The van der Waals surface area contributed by atoms with Crippen LogP contribution < -0.4 is 0 Å². The van der Waals surface area contributed by atoms with Gasteiger partial charge in [-0.1, -0.05) is 6.08 Å². The Hall–Kier alpha value is -0.0300. The molecule has 0 N–H and O–H groups in total. The first-order chi connectivity index (χ1) is 4.02. The number of hydrogen-bond donors (Lipinski definition) is 0. The molecule has 0 saturated heterocycles. The Kier molecular flexibility index (Phi) is 3.21. The number of alkyl halides is 3. The molecule has 0 aromatic carbocycles. The van der Waals surface area contributed by atoms with Crippen LogP contribution in [0.1, 0.15) is 0 Å².